The van der Waals surface area contributed by atoms with Gasteiger partial charge in [0.25, 0.3) is 5.91 Å². The summed E-state index contributed by atoms with van der Waals surface area (Å²) >= 11 is 0. The van der Waals surface area contributed by atoms with Gasteiger partial charge in [-0.15, -0.1) is 0 Å². The normalized spacial score (nSPS) is 11.9. The zero-order valence-corrected chi connectivity index (χ0v) is 14.8. The van der Waals surface area contributed by atoms with Crippen LogP contribution in [0.15, 0.2) is 78.9 Å². The highest BCUT2D eigenvalue weighted by atomic mass is 16.5. The van der Waals surface area contributed by atoms with E-state index in [1.165, 1.54) is 0 Å². The van der Waals surface area contributed by atoms with Crippen LogP contribution in [0.2, 0.25) is 0 Å². The molecule has 0 aliphatic carbocycles. The van der Waals surface area contributed by atoms with E-state index in [-0.39, 0.29) is 5.91 Å². The monoisotopic (exact) mass is 357 g/mol. The van der Waals surface area contributed by atoms with Gasteiger partial charge in [0.15, 0.2) is 6.10 Å². The molecule has 0 saturated carbocycles. The topological polar surface area (TPSA) is 67.0 Å². The molecule has 0 aliphatic heterocycles. The number of aromatic amines is 1. The molecule has 0 saturated heterocycles. The fourth-order valence-electron chi connectivity index (χ4n) is 2.87. The van der Waals surface area contributed by atoms with Gasteiger partial charge in [0.1, 0.15) is 11.6 Å². The van der Waals surface area contributed by atoms with E-state index >= 15 is 0 Å². The van der Waals surface area contributed by atoms with Gasteiger partial charge in [-0.05, 0) is 43.3 Å². The van der Waals surface area contributed by atoms with E-state index in [2.05, 4.69) is 15.3 Å². The van der Waals surface area contributed by atoms with Gasteiger partial charge in [-0.1, -0.05) is 42.5 Å². The molecule has 0 fully saturated rings. The van der Waals surface area contributed by atoms with Crippen LogP contribution in [-0.4, -0.2) is 22.0 Å². The molecule has 3 aromatic carbocycles. The average molecular weight is 357 g/mol. The van der Waals surface area contributed by atoms with Crippen LogP contribution in [0, 0.1) is 0 Å². The molecule has 0 radical (unpaired) electrons. The fourth-order valence-corrected chi connectivity index (χ4v) is 2.87. The predicted octanol–water partition coefficient (Wildman–Crippen LogP) is 4.64. The number of anilines is 1. The SMILES string of the molecule is CC(Oc1ccccc1)C(=O)Nc1ccccc1-c1nc2ccccc2[nH]1. The largest absolute Gasteiger partial charge is 0.481 e. The van der Waals surface area contributed by atoms with Gasteiger partial charge in [-0.3, -0.25) is 4.79 Å². The standard InChI is InChI=1S/C22H19N3O2/c1-15(27-16-9-3-2-4-10-16)22(26)25-18-12-6-5-11-17(18)21-23-19-13-7-8-14-20(19)24-21/h2-15H,1H3,(H,23,24)(H,25,26). The highest BCUT2D eigenvalue weighted by molar-refractivity contribution is 5.98. The smallest absolute Gasteiger partial charge is 0.265 e. The molecule has 0 aliphatic rings. The van der Waals surface area contributed by atoms with E-state index < -0.39 is 6.10 Å². The molecule has 1 amide bonds. The van der Waals surface area contributed by atoms with Crippen molar-refractivity contribution in [1.29, 1.82) is 0 Å². The maximum absolute atomic E-state index is 12.6. The molecular weight excluding hydrogens is 338 g/mol. The van der Waals surface area contributed by atoms with Crippen molar-refractivity contribution in [3.05, 3.63) is 78.9 Å². The van der Waals surface area contributed by atoms with E-state index in [0.29, 0.717) is 17.3 Å². The van der Waals surface area contributed by atoms with Crippen molar-refractivity contribution in [3.8, 4) is 17.1 Å². The first-order valence-electron chi connectivity index (χ1n) is 8.77. The summed E-state index contributed by atoms with van der Waals surface area (Å²) in [6, 6.07) is 24.7. The second-order valence-corrected chi connectivity index (χ2v) is 6.21. The molecule has 1 aromatic heterocycles. The van der Waals surface area contributed by atoms with Crippen LogP contribution in [0.5, 0.6) is 5.75 Å². The highest BCUT2D eigenvalue weighted by Gasteiger charge is 2.17. The molecular formula is C22H19N3O2. The van der Waals surface area contributed by atoms with Gasteiger partial charge in [-0.2, -0.15) is 0 Å². The van der Waals surface area contributed by atoms with E-state index in [1.54, 1.807) is 6.92 Å². The number of nitrogens with zero attached hydrogens (tertiary/aromatic N) is 1. The van der Waals surface area contributed by atoms with E-state index in [9.17, 15) is 4.79 Å². The first-order chi connectivity index (χ1) is 13.2. The number of fused-ring (bicyclic) bond motifs is 1. The summed E-state index contributed by atoms with van der Waals surface area (Å²) in [4.78, 5) is 20.5. The van der Waals surface area contributed by atoms with Crippen LogP contribution in [0.3, 0.4) is 0 Å². The number of rotatable bonds is 5. The zero-order chi connectivity index (χ0) is 18.6. The number of carbonyl (C=O) groups excluding carboxylic acids is 1. The van der Waals surface area contributed by atoms with Gasteiger partial charge < -0.3 is 15.0 Å². The molecule has 5 nitrogen and oxygen atoms in total. The van der Waals surface area contributed by atoms with Crippen molar-refractivity contribution in [1.82, 2.24) is 9.97 Å². The first-order valence-corrected chi connectivity index (χ1v) is 8.77. The fraction of sp³-hybridized carbons (Fsp3) is 0.0909. The summed E-state index contributed by atoms with van der Waals surface area (Å²) in [5.74, 6) is 1.15. The van der Waals surface area contributed by atoms with Gasteiger partial charge in [0.05, 0.1) is 16.7 Å². The van der Waals surface area contributed by atoms with Gasteiger partial charge in [0, 0.05) is 5.56 Å². The minimum absolute atomic E-state index is 0.220. The lowest BCUT2D eigenvalue weighted by Gasteiger charge is -2.16. The highest BCUT2D eigenvalue weighted by Crippen LogP contribution is 2.27. The van der Waals surface area contributed by atoms with Crippen LogP contribution < -0.4 is 10.1 Å². The minimum atomic E-state index is -0.629. The number of hydrogen-bond acceptors (Lipinski definition) is 3. The van der Waals surface area contributed by atoms with Gasteiger partial charge in [0.2, 0.25) is 0 Å². The average Bonchev–Trinajstić information content (AvgIpc) is 3.13. The number of amides is 1. The van der Waals surface area contributed by atoms with Crippen molar-refractivity contribution >= 4 is 22.6 Å². The molecule has 0 bridgehead atoms. The number of benzene rings is 3. The van der Waals surface area contributed by atoms with Crippen LogP contribution in [-0.2, 0) is 4.79 Å². The Balaban J connectivity index is 1.56. The number of H-pyrrole nitrogens is 1. The molecule has 4 rings (SSSR count). The van der Waals surface area contributed by atoms with E-state index in [1.807, 2.05) is 78.9 Å². The molecule has 1 atom stereocenters. The molecule has 1 heterocycles. The Morgan fingerprint density at radius 3 is 2.48 bits per heavy atom. The van der Waals surface area contributed by atoms with Crippen molar-refractivity contribution in [2.45, 2.75) is 13.0 Å². The second-order valence-electron chi connectivity index (χ2n) is 6.21. The molecule has 0 spiro atoms. The third kappa shape index (κ3) is 3.67. The summed E-state index contributed by atoms with van der Waals surface area (Å²) < 4.78 is 5.71. The molecule has 5 heteroatoms. The third-order valence-electron chi connectivity index (χ3n) is 4.25. The lowest BCUT2D eigenvalue weighted by atomic mass is 10.1. The molecule has 134 valence electrons. The summed E-state index contributed by atoms with van der Waals surface area (Å²) in [5, 5.41) is 2.95. The summed E-state index contributed by atoms with van der Waals surface area (Å²) in [7, 11) is 0. The first kappa shape index (κ1) is 16.8. The Morgan fingerprint density at radius 1 is 0.963 bits per heavy atom. The predicted molar refractivity (Wildman–Crippen MR) is 107 cm³/mol. The third-order valence-corrected chi connectivity index (χ3v) is 4.25. The number of hydrogen-bond donors (Lipinski definition) is 2. The zero-order valence-electron chi connectivity index (χ0n) is 14.8. The molecule has 2 N–H and O–H groups in total. The Hall–Kier alpha value is -3.60. The van der Waals surface area contributed by atoms with Gasteiger partial charge >= 0.3 is 0 Å². The summed E-state index contributed by atoms with van der Waals surface area (Å²) in [5.41, 5.74) is 3.35. The maximum atomic E-state index is 12.6. The second kappa shape index (κ2) is 7.33. The lowest BCUT2D eigenvalue weighted by molar-refractivity contribution is -0.122. The summed E-state index contributed by atoms with van der Waals surface area (Å²) in [6.45, 7) is 1.73. The molecule has 4 aromatic rings. The number of ether oxygens (including phenoxy) is 1. The number of para-hydroxylation sites is 4. The Morgan fingerprint density at radius 2 is 1.67 bits per heavy atom. The number of imidazole rings is 1. The van der Waals surface area contributed by atoms with Crippen molar-refractivity contribution in [2.24, 2.45) is 0 Å². The van der Waals surface area contributed by atoms with Crippen LogP contribution in [0.1, 0.15) is 6.92 Å². The Labute approximate surface area is 157 Å². The van der Waals surface area contributed by atoms with Crippen molar-refractivity contribution in [3.63, 3.8) is 0 Å². The van der Waals surface area contributed by atoms with Crippen LogP contribution in [0.25, 0.3) is 22.4 Å². The lowest BCUT2D eigenvalue weighted by Crippen LogP contribution is -2.30. The maximum Gasteiger partial charge on any atom is 0.265 e. The quantitative estimate of drug-likeness (QED) is 0.547. The minimum Gasteiger partial charge on any atom is -0.481 e. The van der Waals surface area contributed by atoms with E-state index in [0.717, 1.165) is 16.6 Å². The van der Waals surface area contributed by atoms with Gasteiger partial charge in [-0.25, -0.2) is 4.98 Å². The van der Waals surface area contributed by atoms with Crippen molar-refractivity contribution < 1.29 is 9.53 Å². The molecule has 1 unspecified atom stereocenters. The number of nitrogens with one attached hydrogen (secondary N) is 2. The Bertz CT molecular complexity index is 1040. The van der Waals surface area contributed by atoms with Crippen LogP contribution in [0.4, 0.5) is 5.69 Å². The summed E-state index contributed by atoms with van der Waals surface area (Å²) in [6.07, 6.45) is -0.629. The number of carbonyl (C=O) groups is 1. The van der Waals surface area contributed by atoms with Crippen LogP contribution >= 0.6 is 0 Å². The Kier molecular flexibility index (Phi) is 4.58. The molecule has 27 heavy (non-hydrogen) atoms. The van der Waals surface area contributed by atoms with Crippen molar-refractivity contribution in [2.75, 3.05) is 5.32 Å². The number of aromatic nitrogens is 2. The van der Waals surface area contributed by atoms with E-state index in [4.69, 9.17) is 4.74 Å².